The lowest BCUT2D eigenvalue weighted by Crippen LogP contribution is -2.69. The first-order chi connectivity index (χ1) is 29.5. The second kappa shape index (κ2) is 21.1. The van der Waals surface area contributed by atoms with Gasteiger partial charge in [-0.05, 0) is 126 Å². The van der Waals surface area contributed by atoms with E-state index in [1.807, 2.05) is 121 Å². The van der Waals surface area contributed by atoms with Crippen LogP contribution in [0.2, 0.25) is 0 Å². The van der Waals surface area contributed by atoms with Crippen molar-refractivity contribution in [3.05, 3.63) is 178 Å². The molecule has 10 nitrogen and oxygen atoms in total. The minimum absolute atomic E-state index is 0.0964. The highest BCUT2D eigenvalue weighted by molar-refractivity contribution is 9.10. The maximum Gasteiger partial charge on any atom is 0.329 e. The van der Waals surface area contributed by atoms with Crippen LogP contribution in [0, 0.1) is 0 Å². The number of carboxylic acid groups (broad SMARTS) is 1. The molecule has 0 radical (unpaired) electrons. The molecule has 5 rings (SSSR count). The predicted octanol–water partition coefficient (Wildman–Crippen LogP) is 8.18. The lowest BCUT2D eigenvalue weighted by Gasteiger charge is -2.40. The number of amides is 4. The number of carbonyl (C=O) groups excluding carboxylic acids is 4. The van der Waals surface area contributed by atoms with E-state index in [-0.39, 0.29) is 25.7 Å². The van der Waals surface area contributed by atoms with Crippen molar-refractivity contribution in [3.8, 4) is 0 Å². The van der Waals surface area contributed by atoms with E-state index in [2.05, 4.69) is 37.2 Å². The molecule has 0 aromatic heterocycles. The van der Waals surface area contributed by atoms with E-state index in [0.29, 0.717) is 31.2 Å². The number of aliphatic carboxylic acids is 1. The van der Waals surface area contributed by atoms with Gasteiger partial charge in [0.15, 0.2) is 0 Å². The van der Waals surface area contributed by atoms with Crippen LogP contribution < -0.4 is 21.3 Å². The van der Waals surface area contributed by atoms with Gasteiger partial charge < -0.3 is 26.4 Å². The third-order valence-electron chi connectivity index (χ3n) is 11.7. The Balaban J connectivity index is 1.48. The Labute approximate surface area is 373 Å². The molecule has 0 saturated carbocycles. The number of carbonyl (C=O) groups is 5. The van der Waals surface area contributed by atoms with Crippen molar-refractivity contribution in [1.29, 1.82) is 0 Å². The van der Waals surface area contributed by atoms with Crippen LogP contribution in [-0.4, -0.2) is 56.9 Å². The molecule has 62 heavy (non-hydrogen) atoms. The number of hydrogen-bond acceptors (Lipinski definition) is 5. The molecule has 0 spiro atoms. The molecule has 5 N–H and O–H groups in total. The van der Waals surface area contributed by atoms with Crippen molar-refractivity contribution in [3.63, 3.8) is 0 Å². The molecular weight excluding hydrogens is 844 g/mol. The van der Waals surface area contributed by atoms with Crippen molar-refractivity contribution in [2.24, 2.45) is 0 Å². The third kappa shape index (κ3) is 13.0. The molecule has 0 heterocycles. The summed E-state index contributed by atoms with van der Waals surface area (Å²) in [5.74, 6) is -3.57. The van der Waals surface area contributed by atoms with Crippen LogP contribution in [0.5, 0.6) is 0 Å². The Hall–Kier alpha value is -6.07. The summed E-state index contributed by atoms with van der Waals surface area (Å²) >= 11 is 3.41. The van der Waals surface area contributed by atoms with Crippen molar-refractivity contribution in [2.45, 2.75) is 101 Å². The molecule has 0 fully saturated rings. The van der Waals surface area contributed by atoms with Gasteiger partial charge >= 0.3 is 5.97 Å². The fraction of sp³-hybridized carbons (Fsp3) is 0.314. The number of carboxylic acids is 1. The van der Waals surface area contributed by atoms with Crippen molar-refractivity contribution in [1.82, 2.24) is 21.3 Å². The summed E-state index contributed by atoms with van der Waals surface area (Å²) in [5, 5.41) is 22.3. The van der Waals surface area contributed by atoms with Crippen LogP contribution >= 0.6 is 15.9 Å². The molecule has 0 unspecified atom stereocenters. The molecule has 4 amide bonds. The summed E-state index contributed by atoms with van der Waals surface area (Å²) in [7, 11) is 0. The van der Waals surface area contributed by atoms with Gasteiger partial charge in [0, 0.05) is 10.0 Å². The average molecular weight is 902 g/mol. The van der Waals surface area contributed by atoms with Gasteiger partial charge in [-0.2, -0.15) is 0 Å². The molecule has 5 aromatic rings. The van der Waals surface area contributed by atoms with E-state index < -0.39 is 51.8 Å². The molecule has 0 aliphatic heterocycles. The lowest BCUT2D eigenvalue weighted by atomic mass is 9.85. The fourth-order valence-corrected chi connectivity index (χ4v) is 7.43. The molecular formula is C51H57BrN4O6. The number of aryl methyl sites for hydroxylation is 4. The summed E-state index contributed by atoms with van der Waals surface area (Å²) in [4.78, 5) is 71.1. The van der Waals surface area contributed by atoms with Gasteiger partial charge in [-0.15, -0.1) is 0 Å². The highest BCUT2D eigenvalue weighted by Crippen LogP contribution is 2.25. The van der Waals surface area contributed by atoms with Gasteiger partial charge in [0.1, 0.15) is 22.2 Å². The van der Waals surface area contributed by atoms with Gasteiger partial charge in [-0.3, -0.25) is 19.2 Å². The highest BCUT2D eigenvalue weighted by Gasteiger charge is 2.47. The summed E-state index contributed by atoms with van der Waals surface area (Å²) in [6, 6.07) is 44.9. The first kappa shape index (κ1) is 47.0. The van der Waals surface area contributed by atoms with Gasteiger partial charge in [0.2, 0.25) is 17.7 Å². The number of benzene rings is 5. The molecule has 4 atom stereocenters. The monoisotopic (exact) mass is 900 g/mol. The largest absolute Gasteiger partial charge is 0.480 e. The zero-order valence-electron chi connectivity index (χ0n) is 35.9. The van der Waals surface area contributed by atoms with Gasteiger partial charge in [0.25, 0.3) is 5.91 Å². The molecule has 5 aromatic carbocycles. The van der Waals surface area contributed by atoms with E-state index in [0.717, 1.165) is 26.7 Å². The fourth-order valence-electron chi connectivity index (χ4n) is 7.17. The summed E-state index contributed by atoms with van der Waals surface area (Å²) in [6.07, 6.45) is 2.15. The molecule has 0 aliphatic carbocycles. The normalized spacial score (nSPS) is 15.0. The van der Waals surface area contributed by atoms with Crippen molar-refractivity contribution < 1.29 is 29.1 Å². The smallest absolute Gasteiger partial charge is 0.329 e. The maximum absolute atomic E-state index is 15.0. The van der Waals surface area contributed by atoms with Gasteiger partial charge in [-0.1, -0.05) is 137 Å². The molecule has 11 heteroatoms. The molecule has 0 aliphatic rings. The first-order valence-corrected chi connectivity index (χ1v) is 21.8. The maximum atomic E-state index is 15.0. The van der Waals surface area contributed by atoms with E-state index in [4.69, 9.17) is 0 Å². The van der Waals surface area contributed by atoms with Gasteiger partial charge in [0.05, 0.1) is 0 Å². The SMILES string of the molecule is C[C@@](CCc1ccccc1)(NC(=O)[C@](C)(CCc1ccccc1)NC(=O)[C@](C)(CCc1ccccc1)NC(=O)[C@](C)(CCc1ccccc1)NC(=O)c1ccc(Br)cc1)C(=O)O. The Kier molecular flexibility index (Phi) is 16.0. The van der Waals surface area contributed by atoms with Crippen LogP contribution in [0.4, 0.5) is 0 Å². The standard InChI is InChI=1S/C51H57BrN4O6/c1-48(33-29-37-17-9-5-10-18-37,53-43(57)41-25-27-42(52)28-26-41)44(58)54-49(2,34-30-38-19-11-6-12-20-38)45(59)55-50(3,35-31-39-21-13-7-14-22-39)46(60)56-51(4,47(61)62)36-32-40-23-15-8-16-24-40/h5-28H,29-36H2,1-4H3,(H,53,57)(H,54,58)(H,55,59)(H,56,60)(H,61,62)/t48-,49-,50-,51-/m0/s1. The third-order valence-corrected chi connectivity index (χ3v) is 12.2. The van der Waals surface area contributed by atoms with E-state index in [1.54, 1.807) is 45.0 Å². The molecule has 0 bridgehead atoms. The van der Waals surface area contributed by atoms with Crippen molar-refractivity contribution >= 4 is 45.5 Å². The van der Waals surface area contributed by atoms with E-state index in [1.165, 1.54) is 6.92 Å². The van der Waals surface area contributed by atoms with E-state index >= 15 is 4.79 Å². The topological polar surface area (TPSA) is 154 Å². The predicted molar refractivity (Wildman–Crippen MR) is 246 cm³/mol. The number of nitrogens with one attached hydrogen (secondary N) is 4. The van der Waals surface area contributed by atoms with Crippen LogP contribution in [0.15, 0.2) is 150 Å². The van der Waals surface area contributed by atoms with Crippen LogP contribution in [0.25, 0.3) is 0 Å². The minimum atomic E-state index is -1.68. The zero-order valence-corrected chi connectivity index (χ0v) is 37.5. The first-order valence-electron chi connectivity index (χ1n) is 21.0. The Morgan fingerprint density at radius 3 is 1.00 bits per heavy atom. The second-order valence-corrected chi connectivity index (χ2v) is 17.8. The Morgan fingerprint density at radius 1 is 0.419 bits per heavy atom. The average Bonchev–Trinajstić information content (AvgIpc) is 3.27. The minimum Gasteiger partial charge on any atom is -0.480 e. The molecule has 324 valence electrons. The van der Waals surface area contributed by atoms with Gasteiger partial charge in [-0.25, -0.2) is 4.79 Å². The number of rotatable bonds is 21. The Morgan fingerprint density at radius 2 is 0.694 bits per heavy atom. The zero-order chi connectivity index (χ0) is 44.8. The Bertz CT molecular complexity index is 2280. The van der Waals surface area contributed by atoms with Crippen LogP contribution in [0.3, 0.4) is 0 Å². The summed E-state index contributed by atoms with van der Waals surface area (Å²) in [5.41, 5.74) is -2.35. The summed E-state index contributed by atoms with van der Waals surface area (Å²) in [6.45, 7) is 6.33. The lowest BCUT2D eigenvalue weighted by molar-refractivity contribution is -0.149. The number of halogens is 1. The van der Waals surface area contributed by atoms with Crippen LogP contribution in [-0.2, 0) is 44.9 Å². The highest BCUT2D eigenvalue weighted by atomic mass is 79.9. The second-order valence-electron chi connectivity index (χ2n) is 16.9. The summed E-state index contributed by atoms with van der Waals surface area (Å²) < 4.78 is 0.794. The number of hydrogen-bond donors (Lipinski definition) is 5. The van der Waals surface area contributed by atoms with Crippen molar-refractivity contribution in [2.75, 3.05) is 0 Å². The quantitative estimate of drug-likeness (QED) is 0.0501. The van der Waals surface area contributed by atoms with E-state index in [9.17, 15) is 24.3 Å². The molecule has 0 saturated heterocycles. The van der Waals surface area contributed by atoms with Crippen LogP contribution in [0.1, 0.15) is 86.0 Å².